The molecule has 0 aliphatic rings. The molecule has 3 heteroatoms. The second-order valence-electron chi connectivity index (χ2n) is 2.97. The molecular formula is C9H11N3. The van der Waals surface area contributed by atoms with E-state index in [9.17, 15) is 0 Å². The van der Waals surface area contributed by atoms with Crippen LogP contribution >= 0.6 is 0 Å². The van der Waals surface area contributed by atoms with Crippen molar-refractivity contribution in [1.82, 2.24) is 14.8 Å². The van der Waals surface area contributed by atoms with E-state index in [2.05, 4.69) is 40.9 Å². The van der Waals surface area contributed by atoms with Crippen molar-refractivity contribution in [3.63, 3.8) is 0 Å². The lowest BCUT2D eigenvalue weighted by Crippen LogP contribution is -1.94. The maximum atomic E-state index is 3.90. The smallest absolute Gasteiger partial charge is 0.132 e. The molecule has 12 heavy (non-hydrogen) atoms. The van der Waals surface area contributed by atoms with Crippen LogP contribution in [0.2, 0.25) is 0 Å². The molecule has 2 aromatic rings. The number of hydrogen-bond acceptors (Lipinski definition) is 1. The first kappa shape index (κ1) is 7.16. The van der Waals surface area contributed by atoms with Crippen LogP contribution in [0.4, 0.5) is 0 Å². The fraction of sp³-hybridized carbons (Fsp3) is 0.222. The van der Waals surface area contributed by atoms with Crippen LogP contribution in [0.1, 0.15) is 11.3 Å². The summed E-state index contributed by atoms with van der Waals surface area (Å²) in [6.45, 7) is 4.16. The third kappa shape index (κ3) is 1.03. The molecule has 3 nitrogen and oxygen atoms in total. The molecule has 0 unspecified atom stereocenters. The van der Waals surface area contributed by atoms with Gasteiger partial charge in [0.15, 0.2) is 0 Å². The summed E-state index contributed by atoms with van der Waals surface area (Å²) in [6, 6.07) is 4.09. The van der Waals surface area contributed by atoms with E-state index in [1.54, 1.807) is 6.20 Å². The van der Waals surface area contributed by atoms with Crippen LogP contribution in [0.25, 0.3) is 5.82 Å². The number of aryl methyl sites for hydroxylation is 2. The first-order valence-corrected chi connectivity index (χ1v) is 3.93. The predicted octanol–water partition coefficient (Wildman–Crippen LogP) is 1.82. The Morgan fingerprint density at radius 2 is 2.25 bits per heavy atom. The highest BCUT2D eigenvalue weighted by Gasteiger charge is 2.00. The molecule has 0 saturated carbocycles. The molecule has 0 saturated heterocycles. The van der Waals surface area contributed by atoms with Crippen LogP contribution in [0.3, 0.4) is 0 Å². The van der Waals surface area contributed by atoms with Gasteiger partial charge in [0.05, 0.1) is 6.20 Å². The second-order valence-corrected chi connectivity index (χ2v) is 2.97. The molecule has 2 heterocycles. The van der Waals surface area contributed by atoms with Crippen molar-refractivity contribution in [3.05, 3.63) is 35.8 Å². The summed E-state index contributed by atoms with van der Waals surface area (Å²) in [5.74, 6) is 1.01. The van der Waals surface area contributed by atoms with Crippen molar-refractivity contribution in [3.8, 4) is 5.82 Å². The lowest BCUT2D eigenvalue weighted by molar-refractivity contribution is 0.932. The van der Waals surface area contributed by atoms with Crippen LogP contribution < -0.4 is 0 Å². The highest BCUT2D eigenvalue weighted by Crippen LogP contribution is 2.11. The summed E-state index contributed by atoms with van der Waals surface area (Å²) in [7, 11) is 0. The molecule has 2 aromatic heterocycles. The number of nitrogens with zero attached hydrogens (tertiary/aromatic N) is 2. The first-order valence-electron chi connectivity index (χ1n) is 3.93. The quantitative estimate of drug-likeness (QED) is 0.680. The maximum absolute atomic E-state index is 3.90. The van der Waals surface area contributed by atoms with Gasteiger partial charge in [-0.2, -0.15) is 5.10 Å². The standard InChI is InChI=1S/C9H11N3/c1-7-5-8(2)12(6-7)9-3-4-10-11-9/h3-6H,1-2H3,(H,10,11). The van der Waals surface area contributed by atoms with Gasteiger partial charge in [-0.3, -0.25) is 5.10 Å². The van der Waals surface area contributed by atoms with E-state index in [1.807, 2.05) is 6.07 Å². The van der Waals surface area contributed by atoms with E-state index in [0.29, 0.717) is 0 Å². The molecule has 0 amide bonds. The molecule has 0 atom stereocenters. The molecule has 0 bridgehead atoms. The fourth-order valence-electron chi connectivity index (χ4n) is 1.38. The van der Waals surface area contributed by atoms with Crippen LogP contribution in [0.15, 0.2) is 24.5 Å². The molecule has 0 fully saturated rings. The van der Waals surface area contributed by atoms with Crippen molar-refractivity contribution in [1.29, 1.82) is 0 Å². The molecule has 1 N–H and O–H groups in total. The zero-order valence-electron chi connectivity index (χ0n) is 7.20. The van der Waals surface area contributed by atoms with Crippen LogP contribution in [0, 0.1) is 13.8 Å². The summed E-state index contributed by atoms with van der Waals surface area (Å²) >= 11 is 0. The number of rotatable bonds is 1. The van der Waals surface area contributed by atoms with Gasteiger partial charge in [-0.25, -0.2) is 0 Å². The van der Waals surface area contributed by atoms with Gasteiger partial charge in [0, 0.05) is 18.0 Å². The third-order valence-corrected chi connectivity index (χ3v) is 1.89. The minimum absolute atomic E-state index is 1.01. The number of aromatic amines is 1. The molecule has 0 aliphatic heterocycles. The Labute approximate surface area is 71.0 Å². The van der Waals surface area contributed by atoms with Crippen molar-refractivity contribution in [2.75, 3.05) is 0 Å². The maximum Gasteiger partial charge on any atom is 0.132 e. The summed E-state index contributed by atoms with van der Waals surface area (Å²) in [5, 5.41) is 6.82. The van der Waals surface area contributed by atoms with Gasteiger partial charge in [0.1, 0.15) is 5.82 Å². The lowest BCUT2D eigenvalue weighted by Gasteiger charge is -1.99. The molecule has 62 valence electrons. The molecule has 0 aromatic carbocycles. The Morgan fingerprint density at radius 3 is 2.75 bits per heavy atom. The zero-order valence-corrected chi connectivity index (χ0v) is 7.20. The van der Waals surface area contributed by atoms with E-state index in [0.717, 1.165) is 5.82 Å². The van der Waals surface area contributed by atoms with Gasteiger partial charge in [0.2, 0.25) is 0 Å². The second kappa shape index (κ2) is 2.52. The van der Waals surface area contributed by atoms with Crippen molar-refractivity contribution >= 4 is 0 Å². The van der Waals surface area contributed by atoms with Gasteiger partial charge >= 0.3 is 0 Å². The van der Waals surface area contributed by atoms with E-state index in [4.69, 9.17) is 0 Å². The zero-order chi connectivity index (χ0) is 8.55. The molecule has 0 spiro atoms. The van der Waals surface area contributed by atoms with Gasteiger partial charge in [0.25, 0.3) is 0 Å². The van der Waals surface area contributed by atoms with Gasteiger partial charge in [-0.1, -0.05) is 0 Å². The largest absolute Gasteiger partial charge is 0.306 e. The normalized spacial score (nSPS) is 10.5. The van der Waals surface area contributed by atoms with E-state index in [-0.39, 0.29) is 0 Å². The van der Waals surface area contributed by atoms with Crippen molar-refractivity contribution in [2.45, 2.75) is 13.8 Å². The average molecular weight is 161 g/mol. The highest BCUT2D eigenvalue weighted by atomic mass is 15.2. The molecule has 2 rings (SSSR count). The Hall–Kier alpha value is -1.51. The van der Waals surface area contributed by atoms with Crippen LogP contribution in [-0.4, -0.2) is 14.8 Å². The minimum Gasteiger partial charge on any atom is -0.306 e. The minimum atomic E-state index is 1.01. The SMILES string of the molecule is Cc1cc(C)n(-c2ccn[nH]2)c1. The highest BCUT2D eigenvalue weighted by molar-refractivity contribution is 5.28. The van der Waals surface area contributed by atoms with E-state index in [1.165, 1.54) is 11.3 Å². The third-order valence-electron chi connectivity index (χ3n) is 1.89. The summed E-state index contributed by atoms with van der Waals surface area (Å²) in [5.41, 5.74) is 2.49. The molecular weight excluding hydrogens is 150 g/mol. The predicted molar refractivity (Wildman–Crippen MR) is 47.4 cm³/mol. The average Bonchev–Trinajstić information content (AvgIpc) is 2.58. The summed E-state index contributed by atoms with van der Waals surface area (Å²) in [4.78, 5) is 0. The topological polar surface area (TPSA) is 33.6 Å². The Kier molecular flexibility index (Phi) is 1.50. The van der Waals surface area contributed by atoms with Crippen LogP contribution in [-0.2, 0) is 0 Å². The van der Waals surface area contributed by atoms with Crippen molar-refractivity contribution in [2.24, 2.45) is 0 Å². The Bertz CT molecular complexity index is 370. The monoisotopic (exact) mass is 161 g/mol. The molecule has 0 radical (unpaired) electrons. The number of aromatic nitrogens is 3. The van der Waals surface area contributed by atoms with Crippen LogP contribution in [0.5, 0.6) is 0 Å². The fourth-order valence-corrected chi connectivity index (χ4v) is 1.38. The molecule has 0 aliphatic carbocycles. The van der Waals surface area contributed by atoms with Gasteiger partial charge < -0.3 is 4.57 Å². The Morgan fingerprint density at radius 1 is 1.42 bits per heavy atom. The number of hydrogen-bond donors (Lipinski definition) is 1. The first-order chi connectivity index (χ1) is 5.77. The number of H-pyrrole nitrogens is 1. The van der Waals surface area contributed by atoms with E-state index < -0.39 is 0 Å². The van der Waals surface area contributed by atoms with Crippen molar-refractivity contribution < 1.29 is 0 Å². The number of nitrogens with one attached hydrogen (secondary N) is 1. The van der Waals surface area contributed by atoms with Gasteiger partial charge in [-0.15, -0.1) is 0 Å². The van der Waals surface area contributed by atoms with E-state index >= 15 is 0 Å². The summed E-state index contributed by atoms with van der Waals surface area (Å²) < 4.78 is 2.09. The summed E-state index contributed by atoms with van der Waals surface area (Å²) in [6.07, 6.45) is 3.84. The lowest BCUT2D eigenvalue weighted by atomic mass is 10.4. The Balaban J connectivity index is 2.54. The van der Waals surface area contributed by atoms with Gasteiger partial charge in [-0.05, 0) is 25.5 Å².